The number of fused-ring (bicyclic) bond motifs is 1. The van der Waals surface area contributed by atoms with Crippen molar-refractivity contribution >= 4 is 11.8 Å². The van der Waals surface area contributed by atoms with Crippen LogP contribution in [0.15, 0.2) is 18.2 Å². The third-order valence-electron chi connectivity index (χ3n) is 5.42. The first-order valence-corrected chi connectivity index (χ1v) is 9.07. The molecule has 3 rings (SSSR count). The molecule has 0 bridgehead atoms. The number of hydroxylamine groups is 1. The number of hydrogen-bond acceptors (Lipinski definition) is 5. The van der Waals surface area contributed by atoms with Gasteiger partial charge in [0.2, 0.25) is 5.91 Å². The number of methoxy groups -OCH3 is 1. The molecule has 7 nitrogen and oxygen atoms in total. The maximum Gasteiger partial charge on any atom is 0.274 e. The number of amides is 2. The Balaban J connectivity index is 1.75. The number of hydrogen-bond donors (Lipinski definition) is 2. The van der Waals surface area contributed by atoms with Crippen molar-refractivity contribution < 1.29 is 24.3 Å². The molecule has 26 heavy (non-hydrogen) atoms. The molecule has 1 saturated carbocycles. The van der Waals surface area contributed by atoms with Crippen LogP contribution >= 0.6 is 0 Å². The normalized spacial score (nSPS) is 25.7. The molecule has 1 aromatic rings. The van der Waals surface area contributed by atoms with Gasteiger partial charge in [-0.25, -0.2) is 5.48 Å². The second kappa shape index (κ2) is 8.05. The highest BCUT2D eigenvalue weighted by Crippen LogP contribution is 2.31. The molecule has 1 heterocycles. The minimum Gasteiger partial charge on any atom is -0.491 e. The van der Waals surface area contributed by atoms with Crippen LogP contribution in [0.25, 0.3) is 0 Å². The van der Waals surface area contributed by atoms with E-state index in [-0.39, 0.29) is 24.0 Å². The molecule has 1 aliphatic carbocycles. The van der Waals surface area contributed by atoms with E-state index in [2.05, 4.69) is 0 Å². The first-order valence-electron chi connectivity index (χ1n) is 9.07. The van der Waals surface area contributed by atoms with Crippen molar-refractivity contribution in [1.29, 1.82) is 0 Å². The SMILES string of the molecule is CO[C@H]1CC[C@H](C(=O)N2Cc3ccc(C(=O)NO)cc3OC[C@@H]2C)CC1. The lowest BCUT2D eigenvalue weighted by atomic mass is 9.86. The van der Waals surface area contributed by atoms with Crippen LogP contribution in [-0.4, -0.2) is 47.8 Å². The van der Waals surface area contributed by atoms with Crippen molar-refractivity contribution in [3.05, 3.63) is 29.3 Å². The maximum absolute atomic E-state index is 13.1. The molecule has 7 heteroatoms. The number of carbonyl (C=O) groups excluding carboxylic acids is 2. The summed E-state index contributed by atoms with van der Waals surface area (Å²) in [5.74, 6) is 0.193. The van der Waals surface area contributed by atoms with E-state index in [9.17, 15) is 9.59 Å². The monoisotopic (exact) mass is 362 g/mol. The number of carbonyl (C=O) groups is 2. The summed E-state index contributed by atoms with van der Waals surface area (Å²) in [6, 6.07) is 4.95. The van der Waals surface area contributed by atoms with Crippen molar-refractivity contribution in [3.63, 3.8) is 0 Å². The van der Waals surface area contributed by atoms with E-state index in [1.165, 1.54) is 0 Å². The topological polar surface area (TPSA) is 88.1 Å². The smallest absolute Gasteiger partial charge is 0.274 e. The summed E-state index contributed by atoms with van der Waals surface area (Å²) in [7, 11) is 1.73. The van der Waals surface area contributed by atoms with Gasteiger partial charge in [0.25, 0.3) is 5.91 Å². The molecular formula is C19H26N2O5. The largest absolute Gasteiger partial charge is 0.491 e. The van der Waals surface area contributed by atoms with Gasteiger partial charge in [0.15, 0.2) is 0 Å². The zero-order valence-corrected chi connectivity index (χ0v) is 15.2. The molecule has 2 N–H and O–H groups in total. The molecule has 0 radical (unpaired) electrons. The van der Waals surface area contributed by atoms with Crippen molar-refractivity contribution in [2.45, 2.75) is 51.3 Å². The first-order chi connectivity index (χ1) is 12.5. The molecule has 0 spiro atoms. The van der Waals surface area contributed by atoms with Gasteiger partial charge in [0, 0.05) is 30.7 Å². The van der Waals surface area contributed by atoms with E-state index >= 15 is 0 Å². The Morgan fingerprint density at radius 2 is 2.00 bits per heavy atom. The van der Waals surface area contributed by atoms with Gasteiger partial charge in [0.05, 0.1) is 12.1 Å². The van der Waals surface area contributed by atoms with Crippen LogP contribution in [-0.2, 0) is 16.1 Å². The summed E-state index contributed by atoms with van der Waals surface area (Å²) in [4.78, 5) is 26.5. The zero-order valence-electron chi connectivity index (χ0n) is 15.2. The van der Waals surface area contributed by atoms with Gasteiger partial charge in [-0.2, -0.15) is 0 Å². The third-order valence-corrected chi connectivity index (χ3v) is 5.42. The summed E-state index contributed by atoms with van der Waals surface area (Å²) in [5, 5.41) is 8.78. The summed E-state index contributed by atoms with van der Waals surface area (Å²) < 4.78 is 11.2. The summed E-state index contributed by atoms with van der Waals surface area (Å²) in [5.41, 5.74) is 2.80. The Kier molecular flexibility index (Phi) is 5.78. The maximum atomic E-state index is 13.1. The van der Waals surface area contributed by atoms with Crippen LogP contribution in [0, 0.1) is 5.92 Å². The van der Waals surface area contributed by atoms with E-state index in [0.717, 1.165) is 31.2 Å². The van der Waals surface area contributed by atoms with Gasteiger partial charge in [0.1, 0.15) is 12.4 Å². The van der Waals surface area contributed by atoms with E-state index in [1.807, 2.05) is 11.8 Å². The molecule has 1 fully saturated rings. The fourth-order valence-corrected chi connectivity index (χ4v) is 3.74. The van der Waals surface area contributed by atoms with E-state index < -0.39 is 5.91 Å². The number of nitrogens with zero attached hydrogens (tertiary/aromatic N) is 1. The minimum atomic E-state index is -0.587. The van der Waals surface area contributed by atoms with Crippen LogP contribution in [0.5, 0.6) is 5.75 Å². The molecule has 0 aromatic heterocycles. The molecule has 2 amide bonds. The van der Waals surface area contributed by atoms with Crippen LogP contribution < -0.4 is 10.2 Å². The number of ether oxygens (including phenoxy) is 2. The second-order valence-corrected chi connectivity index (χ2v) is 7.10. The number of benzene rings is 1. The molecule has 1 aromatic carbocycles. The van der Waals surface area contributed by atoms with Crippen LogP contribution in [0.2, 0.25) is 0 Å². The Hall–Kier alpha value is -2.12. The van der Waals surface area contributed by atoms with Gasteiger partial charge in [-0.05, 0) is 44.7 Å². The molecule has 0 unspecified atom stereocenters. The number of rotatable bonds is 3. The third kappa shape index (κ3) is 3.83. The van der Waals surface area contributed by atoms with Crippen molar-refractivity contribution in [2.75, 3.05) is 13.7 Å². The lowest BCUT2D eigenvalue weighted by molar-refractivity contribution is -0.140. The molecule has 2 aliphatic rings. The van der Waals surface area contributed by atoms with E-state index in [0.29, 0.717) is 24.5 Å². The molecule has 1 aliphatic heterocycles. The average Bonchev–Trinajstić information content (AvgIpc) is 2.85. The van der Waals surface area contributed by atoms with Crippen molar-refractivity contribution in [3.8, 4) is 5.75 Å². The molecule has 1 atom stereocenters. The summed E-state index contributed by atoms with van der Waals surface area (Å²) >= 11 is 0. The Labute approximate surface area is 153 Å². The van der Waals surface area contributed by atoms with Crippen LogP contribution in [0.4, 0.5) is 0 Å². The van der Waals surface area contributed by atoms with Gasteiger partial charge in [-0.1, -0.05) is 6.07 Å². The molecule has 142 valence electrons. The lowest BCUT2D eigenvalue weighted by Gasteiger charge is -2.33. The Bertz CT molecular complexity index is 670. The predicted octanol–water partition coefficient (Wildman–Crippen LogP) is 2.12. The van der Waals surface area contributed by atoms with Crippen molar-refractivity contribution in [1.82, 2.24) is 10.4 Å². The van der Waals surface area contributed by atoms with Crippen LogP contribution in [0.1, 0.15) is 48.5 Å². The standard InChI is InChI=1S/C19H26N2O5/c1-12-11-26-17-9-14(18(22)20-24)3-4-15(17)10-21(12)19(23)13-5-7-16(25-2)8-6-13/h3-4,9,12-13,16,24H,5-8,10-11H2,1-2H3,(H,20,22)/t12-,13-,16-/m0/s1. The van der Waals surface area contributed by atoms with Crippen LogP contribution in [0.3, 0.4) is 0 Å². The Morgan fingerprint density at radius 1 is 1.27 bits per heavy atom. The molecular weight excluding hydrogens is 336 g/mol. The van der Waals surface area contributed by atoms with Crippen molar-refractivity contribution in [2.24, 2.45) is 5.92 Å². The fraction of sp³-hybridized carbons (Fsp3) is 0.579. The van der Waals surface area contributed by atoms with Gasteiger partial charge < -0.3 is 14.4 Å². The summed E-state index contributed by atoms with van der Waals surface area (Å²) in [6.07, 6.45) is 3.80. The van der Waals surface area contributed by atoms with E-state index in [1.54, 1.807) is 30.8 Å². The van der Waals surface area contributed by atoms with E-state index in [4.69, 9.17) is 14.7 Å². The second-order valence-electron chi connectivity index (χ2n) is 7.10. The number of nitrogens with one attached hydrogen (secondary N) is 1. The highest BCUT2D eigenvalue weighted by Gasteiger charge is 2.33. The highest BCUT2D eigenvalue weighted by atomic mass is 16.5. The summed E-state index contributed by atoms with van der Waals surface area (Å²) in [6.45, 7) is 2.81. The fourth-order valence-electron chi connectivity index (χ4n) is 3.74. The quantitative estimate of drug-likeness (QED) is 0.635. The predicted molar refractivity (Wildman–Crippen MR) is 94.0 cm³/mol. The lowest BCUT2D eigenvalue weighted by Crippen LogP contribution is -2.44. The average molecular weight is 362 g/mol. The minimum absolute atomic E-state index is 0.0323. The first kappa shape index (κ1) is 18.7. The Morgan fingerprint density at radius 3 is 2.65 bits per heavy atom. The molecule has 0 saturated heterocycles. The highest BCUT2D eigenvalue weighted by molar-refractivity contribution is 5.93. The zero-order chi connectivity index (χ0) is 18.7. The van der Waals surface area contributed by atoms with Gasteiger partial charge in [-0.15, -0.1) is 0 Å². The van der Waals surface area contributed by atoms with Gasteiger partial charge >= 0.3 is 0 Å². The van der Waals surface area contributed by atoms with Gasteiger partial charge in [-0.3, -0.25) is 14.8 Å².